The molecule has 2 aromatic rings. The molecule has 1 aromatic heterocycles. The molecule has 0 spiro atoms. The number of nitrogens with one attached hydrogen (secondary N) is 1. The fourth-order valence-electron chi connectivity index (χ4n) is 3.94. The van der Waals surface area contributed by atoms with E-state index >= 15 is 0 Å². The Bertz CT molecular complexity index is 1090. The molecule has 2 amide bonds. The molecular formula is C26H34N4O6. The van der Waals surface area contributed by atoms with Crippen molar-refractivity contribution in [2.45, 2.75) is 71.8 Å². The molecule has 194 valence electrons. The molecule has 0 aliphatic carbocycles. The average Bonchev–Trinajstić information content (AvgIpc) is 3.20. The molecule has 3 rings (SSSR count). The molecule has 1 unspecified atom stereocenters. The smallest absolute Gasteiger partial charge is 0.408 e. The maximum atomic E-state index is 13.6. The van der Waals surface area contributed by atoms with E-state index < -0.39 is 47.2 Å². The van der Waals surface area contributed by atoms with Crippen LogP contribution in [0.3, 0.4) is 0 Å². The maximum absolute atomic E-state index is 13.6. The number of carboxylic acids is 1. The van der Waals surface area contributed by atoms with Crippen LogP contribution >= 0.6 is 0 Å². The fourth-order valence-corrected chi connectivity index (χ4v) is 3.94. The Kier molecular flexibility index (Phi) is 7.86. The molecule has 0 bridgehead atoms. The predicted octanol–water partition coefficient (Wildman–Crippen LogP) is 3.52. The molecule has 10 heteroatoms. The van der Waals surface area contributed by atoms with Crippen LogP contribution in [0.4, 0.5) is 4.79 Å². The van der Waals surface area contributed by atoms with Crippen LogP contribution in [0.15, 0.2) is 42.7 Å². The van der Waals surface area contributed by atoms with Gasteiger partial charge in [-0.15, -0.1) is 0 Å². The maximum Gasteiger partial charge on any atom is 0.408 e. The zero-order valence-electron chi connectivity index (χ0n) is 21.5. The van der Waals surface area contributed by atoms with Crippen molar-refractivity contribution in [1.29, 1.82) is 0 Å². The number of carbonyl (C=O) groups is 3. The molecule has 0 radical (unpaired) electrons. The lowest BCUT2D eigenvalue weighted by Gasteiger charge is -2.35. The van der Waals surface area contributed by atoms with E-state index in [1.807, 2.05) is 30.3 Å². The summed E-state index contributed by atoms with van der Waals surface area (Å²) < 4.78 is 11.3. The summed E-state index contributed by atoms with van der Waals surface area (Å²) in [6, 6.07) is 9.08. The lowest BCUT2D eigenvalue weighted by atomic mass is 9.85. The Morgan fingerprint density at radius 1 is 1.08 bits per heavy atom. The number of hydrogen-bond donors (Lipinski definition) is 2. The van der Waals surface area contributed by atoms with Gasteiger partial charge in [-0.3, -0.25) is 4.79 Å². The van der Waals surface area contributed by atoms with Crippen molar-refractivity contribution in [2.24, 2.45) is 5.41 Å². The van der Waals surface area contributed by atoms with Gasteiger partial charge in [0.2, 0.25) is 11.8 Å². The van der Waals surface area contributed by atoms with E-state index in [1.165, 1.54) is 11.2 Å². The van der Waals surface area contributed by atoms with Crippen molar-refractivity contribution >= 4 is 18.0 Å². The number of benzene rings is 1. The van der Waals surface area contributed by atoms with Crippen molar-refractivity contribution in [2.75, 3.05) is 6.54 Å². The standard InChI is InChI=1S/C26H34N4O6/c1-25(2,3)21(29-24(34)36-26(4,5)6)22(31)30-14-17(12-19(30)23(32)33)35-20-13-18(27-15-28-20)16-10-8-7-9-11-16/h7-11,13,15,17,19,21H,12,14H2,1-6H3,(H,29,34)(H,32,33)/t17?,19-,21+/m0/s1. The Labute approximate surface area is 211 Å². The minimum absolute atomic E-state index is 0.0308. The highest BCUT2D eigenvalue weighted by molar-refractivity contribution is 5.90. The highest BCUT2D eigenvalue weighted by Crippen LogP contribution is 2.29. The van der Waals surface area contributed by atoms with E-state index in [0.29, 0.717) is 5.69 Å². The number of alkyl carbamates (subject to hydrolysis) is 1. The number of hydrogen-bond acceptors (Lipinski definition) is 7. The summed E-state index contributed by atoms with van der Waals surface area (Å²) in [5.41, 5.74) is 0.100. The van der Waals surface area contributed by atoms with E-state index in [-0.39, 0.29) is 18.8 Å². The first kappa shape index (κ1) is 26.9. The van der Waals surface area contributed by atoms with Crippen molar-refractivity contribution in [1.82, 2.24) is 20.2 Å². The highest BCUT2D eigenvalue weighted by atomic mass is 16.6. The van der Waals surface area contributed by atoms with Crippen LogP contribution in [0.25, 0.3) is 11.3 Å². The van der Waals surface area contributed by atoms with Gasteiger partial charge in [0.05, 0.1) is 12.2 Å². The van der Waals surface area contributed by atoms with Crippen molar-refractivity contribution in [3.05, 3.63) is 42.7 Å². The van der Waals surface area contributed by atoms with Gasteiger partial charge in [-0.05, 0) is 26.2 Å². The number of amides is 2. The lowest BCUT2D eigenvalue weighted by molar-refractivity contribution is -0.150. The third-order valence-electron chi connectivity index (χ3n) is 5.60. The number of likely N-dealkylation sites (tertiary alicyclic amines) is 1. The monoisotopic (exact) mass is 498 g/mol. The minimum atomic E-state index is -1.15. The molecule has 1 aliphatic rings. The van der Waals surface area contributed by atoms with Crippen molar-refractivity contribution in [3.8, 4) is 17.1 Å². The fraction of sp³-hybridized carbons (Fsp3) is 0.500. The van der Waals surface area contributed by atoms with E-state index in [4.69, 9.17) is 9.47 Å². The molecule has 1 saturated heterocycles. The predicted molar refractivity (Wildman–Crippen MR) is 132 cm³/mol. The second kappa shape index (κ2) is 10.5. The molecule has 36 heavy (non-hydrogen) atoms. The van der Waals surface area contributed by atoms with Gasteiger partial charge in [-0.2, -0.15) is 0 Å². The van der Waals surface area contributed by atoms with Gasteiger partial charge >= 0.3 is 12.1 Å². The van der Waals surface area contributed by atoms with Crippen LogP contribution in [0.2, 0.25) is 0 Å². The summed E-state index contributed by atoms with van der Waals surface area (Å²) in [5, 5.41) is 12.5. The zero-order chi connectivity index (χ0) is 26.7. The van der Waals surface area contributed by atoms with Crippen LogP contribution in [-0.4, -0.2) is 68.3 Å². The normalized spacial score (nSPS) is 18.9. The Hall–Kier alpha value is -3.69. The molecule has 3 atom stereocenters. The number of aromatic nitrogens is 2. The Morgan fingerprint density at radius 3 is 2.33 bits per heavy atom. The average molecular weight is 499 g/mol. The first-order chi connectivity index (χ1) is 16.7. The van der Waals surface area contributed by atoms with Crippen molar-refractivity contribution in [3.63, 3.8) is 0 Å². The third kappa shape index (κ3) is 6.93. The molecule has 1 aliphatic heterocycles. The van der Waals surface area contributed by atoms with Gasteiger partial charge in [0, 0.05) is 18.1 Å². The third-order valence-corrected chi connectivity index (χ3v) is 5.60. The number of aliphatic carboxylic acids is 1. The van der Waals surface area contributed by atoms with Crippen molar-refractivity contribution < 1.29 is 29.0 Å². The second-order valence-corrected chi connectivity index (χ2v) is 10.9. The molecule has 2 heterocycles. The summed E-state index contributed by atoms with van der Waals surface area (Å²) in [5.74, 6) is -1.38. The number of ether oxygens (including phenoxy) is 2. The highest BCUT2D eigenvalue weighted by Gasteiger charge is 2.46. The molecule has 1 aromatic carbocycles. The van der Waals surface area contributed by atoms with Crippen LogP contribution < -0.4 is 10.1 Å². The zero-order valence-corrected chi connectivity index (χ0v) is 21.5. The number of rotatable bonds is 6. The number of carbonyl (C=O) groups excluding carboxylic acids is 2. The van der Waals surface area contributed by atoms with Crippen LogP contribution in [-0.2, 0) is 14.3 Å². The van der Waals surface area contributed by atoms with Gasteiger partial charge in [-0.1, -0.05) is 51.1 Å². The molecule has 0 saturated carbocycles. The first-order valence-corrected chi connectivity index (χ1v) is 11.8. The van der Waals surface area contributed by atoms with Gasteiger partial charge in [0.25, 0.3) is 0 Å². The topological polar surface area (TPSA) is 131 Å². The first-order valence-electron chi connectivity index (χ1n) is 11.8. The van der Waals surface area contributed by atoms with E-state index in [2.05, 4.69) is 15.3 Å². The van der Waals surface area contributed by atoms with Crippen LogP contribution in [0, 0.1) is 5.41 Å². The number of carboxylic acid groups (broad SMARTS) is 1. The minimum Gasteiger partial charge on any atom is -0.480 e. The molecule has 10 nitrogen and oxygen atoms in total. The van der Waals surface area contributed by atoms with Gasteiger partial charge in [0.1, 0.15) is 30.1 Å². The SMILES string of the molecule is CC(C)(C)OC(=O)N[C@H](C(=O)N1CC(Oc2cc(-c3ccccc3)ncn2)C[C@H]1C(=O)O)C(C)(C)C. The van der Waals surface area contributed by atoms with Gasteiger partial charge in [-0.25, -0.2) is 19.6 Å². The van der Waals surface area contributed by atoms with Gasteiger partial charge in [0.15, 0.2) is 0 Å². The summed E-state index contributed by atoms with van der Waals surface area (Å²) in [6.45, 7) is 10.6. The van der Waals surface area contributed by atoms with Gasteiger partial charge < -0.3 is 24.8 Å². The van der Waals surface area contributed by atoms with E-state index in [1.54, 1.807) is 47.6 Å². The second-order valence-electron chi connectivity index (χ2n) is 10.9. The summed E-state index contributed by atoms with van der Waals surface area (Å²) in [6.07, 6.45) is 0.111. The summed E-state index contributed by atoms with van der Waals surface area (Å²) in [4.78, 5) is 47.7. The number of nitrogens with zero attached hydrogens (tertiary/aromatic N) is 3. The molecular weight excluding hydrogens is 464 g/mol. The lowest BCUT2D eigenvalue weighted by Crippen LogP contribution is -2.57. The largest absolute Gasteiger partial charge is 0.480 e. The molecule has 1 fully saturated rings. The van der Waals surface area contributed by atoms with Crippen LogP contribution in [0.1, 0.15) is 48.0 Å². The Morgan fingerprint density at radius 2 is 1.75 bits per heavy atom. The summed E-state index contributed by atoms with van der Waals surface area (Å²) >= 11 is 0. The molecule has 2 N–H and O–H groups in total. The van der Waals surface area contributed by atoms with E-state index in [0.717, 1.165) is 5.56 Å². The Balaban J connectivity index is 1.78. The van der Waals surface area contributed by atoms with E-state index in [9.17, 15) is 19.5 Å². The quantitative estimate of drug-likeness (QED) is 0.619. The summed E-state index contributed by atoms with van der Waals surface area (Å²) in [7, 11) is 0. The van der Waals surface area contributed by atoms with Crippen LogP contribution in [0.5, 0.6) is 5.88 Å².